The molecule has 0 amide bonds. The van der Waals surface area contributed by atoms with E-state index in [-0.39, 0.29) is 5.97 Å². The van der Waals surface area contributed by atoms with E-state index in [4.69, 9.17) is 9.47 Å². The number of hydrogen-bond acceptors (Lipinski definition) is 4. The maximum Gasteiger partial charge on any atom is 0.338 e. The average molecular weight is 469 g/mol. The molecule has 5 heteroatoms. The highest BCUT2D eigenvalue weighted by molar-refractivity contribution is 8.03. The second-order valence-corrected chi connectivity index (χ2v) is 10.4. The van der Waals surface area contributed by atoms with Crippen molar-refractivity contribution in [3.63, 3.8) is 0 Å². The summed E-state index contributed by atoms with van der Waals surface area (Å²) < 4.78 is 11.6. The van der Waals surface area contributed by atoms with Gasteiger partial charge in [0.05, 0.1) is 6.61 Å². The monoisotopic (exact) mass is 468 g/mol. The maximum absolute atomic E-state index is 13.0. The third-order valence-corrected chi connectivity index (χ3v) is 8.33. The number of benzene rings is 3. The van der Waals surface area contributed by atoms with Crippen LogP contribution in [0.5, 0.6) is 0 Å². The summed E-state index contributed by atoms with van der Waals surface area (Å²) in [5.74, 6) is -0.211. The molecule has 0 radical (unpaired) electrons. The number of carbonyl (C=O) groups is 1. The van der Waals surface area contributed by atoms with Crippen molar-refractivity contribution < 1.29 is 14.3 Å². The Balaban J connectivity index is 1.63. The quantitative estimate of drug-likeness (QED) is 0.118. The summed E-state index contributed by atoms with van der Waals surface area (Å²) in [6.45, 7) is 4.70. The van der Waals surface area contributed by atoms with Crippen LogP contribution in [0.4, 0.5) is 0 Å². The smallest absolute Gasteiger partial charge is 0.338 e. The highest BCUT2D eigenvalue weighted by Crippen LogP contribution is 2.36. The molecule has 0 saturated heterocycles. The van der Waals surface area contributed by atoms with Crippen molar-refractivity contribution in [3.8, 4) is 0 Å². The largest absolute Gasteiger partial charge is 0.464 e. The third-order valence-electron chi connectivity index (χ3n) is 5.45. The molecule has 0 spiro atoms. The van der Waals surface area contributed by atoms with Gasteiger partial charge in [-0.05, 0) is 55.5 Å². The Labute approximate surface area is 198 Å². The first-order chi connectivity index (χ1) is 15.7. The zero-order valence-electron chi connectivity index (χ0n) is 19.0. The molecule has 0 saturated carbocycles. The molecule has 0 aliphatic carbocycles. The van der Waals surface area contributed by atoms with Crippen LogP contribution in [0.3, 0.4) is 0 Å². The van der Waals surface area contributed by atoms with Gasteiger partial charge in [-0.3, -0.25) is 0 Å². The molecule has 3 rings (SSSR count). The number of fused-ring (bicyclic) bond motifs is 1. The topological polar surface area (TPSA) is 35.5 Å². The molecule has 3 aromatic carbocycles. The zero-order chi connectivity index (χ0) is 22.7. The molecule has 0 N–H and O–H groups in total. The Hall–Kier alpha value is -1.87. The fourth-order valence-electron chi connectivity index (χ4n) is 3.91. The minimum atomic E-state index is -0.850. The Morgan fingerprint density at radius 1 is 0.938 bits per heavy atom. The van der Waals surface area contributed by atoms with Gasteiger partial charge in [-0.25, -0.2) is 4.79 Å². The van der Waals surface area contributed by atoms with E-state index < -0.39 is 5.60 Å². The highest BCUT2D eigenvalue weighted by atomic mass is 32.2. The second kappa shape index (κ2) is 13.0. The summed E-state index contributed by atoms with van der Waals surface area (Å²) >= 11 is 1.86. The number of aryl methyl sites for hydroxylation is 1. The van der Waals surface area contributed by atoms with Crippen LogP contribution in [-0.4, -0.2) is 36.4 Å². The minimum absolute atomic E-state index is 0.211. The van der Waals surface area contributed by atoms with Crippen molar-refractivity contribution in [1.82, 2.24) is 0 Å². The van der Waals surface area contributed by atoms with Crippen LogP contribution < -0.4 is 0 Å². The SMILES string of the molecule is CCOC(=O)C(CCCc1ccccc1)(CPCSc1cccc2ccccc12)OCC. The van der Waals surface area contributed by atoms with Crippen molar-refractivity contribution in [2.45, 2.75) is 43.6 Å². The van der Waals surface area contributed by atoms with E-state index in [1.165, 1.54) is 21.2 Å². The molecule has 2 atom stereocenters. The first kappa shape index (κ1) is 24.8. The average Bonchev–Trinajstić information content (AvgIpc) is 2.82. The molecular weight excluding hydrogens is 435 g/mol. The van der Waals surface area contributed by atoms with Crippen LogP contribution >= 0.6 is 20.3 Å². The predicted octanol–water partition coefficient (Wildman–Crippen LogP) is 6.93. The number of rotatable bonds is 13. The van der Waals surface area contributed by atoms with Crippen LogP contribution in [0, 0.1) is 0 Å². The molecule has 0 aliphatic rings. The Morgan fingerprint density at radius 3 is 2.47 bits per heavy atom. The van der Waals surface area contributed by atoms with Gasteiger partial charge in [-0.1, -0.05) is 66.7 Å². The number of esters is 1. The van der Waals surface area contributed by atoms with Gasteiger partial charge in [0.25, 0.3) is 0 Å². The van der Waals surface area contributed by atoms with Crippen LogP contribution in [0.1, 0.15) is 32.3 Å². The summed E-state index contributed by atoms with van der Waals surface area (Å²) in [5.41, 5.74) is 1.40. The van der Waals surface area contributed by atoms with Gasteiger partial charge in [0.15, 0.2) is 5.60 Å². The molecule has 2 unspecified atom stereocenters. The molecule has 3 nitrogen and oxygen atoms in total. The Morgan fingerprint density at radius 2 is 1.69 bits per heavy atom. The summed E-state index contributed by atoms with van der Waals surface area (Å²) in [4.78, 5) is 14.3. The van der Waals surface area contributed by atoms with Gasteiger partial charge in [0, 0.05) is 23.2 Å². The number of ether oxygens (including phenoxy) is 2. The number of hydrogen-bond donors (Lipinski definition) is 0. The lowest BCUT2D eigenvalue weighted by Crippen LogP contribution is -2.45. The fourth-order valence-corrected chi connectivity index (χ4v) is 6.69. The molecule has 0 aromatic heterocycles. The van der Waals surface area contributed by atoms with Crippen LogP contribution in [0.25, 0.3) is 10.8 Å². The first-order valence-electron chi connectivity index (χ1n) is 11.3. The summed E-state index contributed by atoms with van der Waals surface area (Å²) in [5, 5.41) is 2.55. The molecule has 3 aromatic rings. The van der Waals surface area contributed by atoms with E-state index in [0.29, 0.717) is 34.4 Å². The summed E-state index contributed by atoms with van der Waals surface area (Å²) in [6, 6.07) is 25.3. The van der Waals surface area contributed by atoms with Gasteiger partial charge in [0.2, 0.25) is 0 Å². The summed E-state index contributed by atoms with van der Waals surface area (Å²) in [7, 11) is 0.602. The number of thioether (sulfide) groups is 1. The Bertz CT molecular complexity index is 974. The van der Waals surface area contributed by atoms with Crippen molar-refractivity contribution in [1.29, 1.82) is 0 Å². The minimum Gasteiger partial charge on any atom is -0.464 e. The van der Waals surface area contributed by atoms with E-state index in [2.05, 4.69) is 66.7 Å². The first-order valence-corrected chi connectivity index (χ1v) is 13.7. The van der Waals surface area contributed by atoms with E-state index in [0.717, 1.165) is 18.3 Å². The van der Waals surface area contributed by atoms with Gasteiger partial charge >= 0.3 is 5.97 Å². The standard InChI is InChI=1S/C27H33O3PS/c1-3-29-26(28)27(30-4-2,19-11-14-22-12-6-5-7-13-22)20-31-21-32-25-18-10-16-23-15-8-9-17-24(23)25/h5-10,12-13,15-18,31H,3-4,11,14,19-21H2,1-2H3. The summed E-state index contributed by atoms with van der Waals surface area (Å²) in [6.07, 6.45) is 3.21. The lowest BCUT2D eigenvalue weighted by Gasteiger charge is -2.31. The molecule has 0 heterocycles. The zero-order valence-corrected chi connectivity index (χ0v) is 20.8. The predicted molar refractivity (Wildman–Crippen MR) is 138 cm³/mol. The number of carbonyl (C=O) groups excluding carboxylic acids is 1. The van der Waals surface area contributed by atoms with Crippen LogP contribution in [0.2, 0.25) is 0 Å². The lowest BCUT2D eigenvalue weighted by molar-refractivity contribution is -0.169. The second-order valence-electron chi connectivity index (χ2n) is 7.68. The molecule has 0 aliphatic heterocycles. The fraction of sp³-hybridized carbons (Fsp3) is 0.370. The van der Waals surface area contributed by atoms with Gasteiger partial charge in [-0.15, -0.1) is 20.3 Å². The van der Waals surface area contributed by atoms with Gasteiger partial charge in [-0.2, -0.15) is 0 Å². The normalized spacial score (nSPS) is 13.4. The van der Waals surface area contributed by atoms with E-state index >= 15 is 0 Å². The van der Waals surface area contributed by atoms with Crippen molar-refractivity contribution in [2.24, 2.45) is 0 Å². The highest BCUT2D eigenvalue weighted by Gasteiger charge is 2.39. The Kier molecular flexibility index (Phi) is 10.1. The molecule has 170 valence electrons. The van der Waals surface area contributed by atoms with Crippen molar-refractivity contribution in [2.75, 3.05) is 24.9 Å². The van der Waals surface area contributed by atoms with Crippen LogP contribution in [-0.2, 0) is 20.7 Å². The molecule has 32 heavy (non-hydrogen) atoms. The van der Waals surface area contributed by atoms with Gasteiger partial charge < -0.3 is 9.47 Å². The van der Waals surface area contributed by atoms with Crippen molar-refractivity contribution in [3.05, 3.63) is 78.4 Å². The van der Waals surface area contributed by atoms with E-state index in [1.807, 2.05) is 31.7 Å². The van der Waals surface area contributed by atoms with Crippen molar-refractivity contribution >= 4 is 37.1 Å². The molecular formula is C27H33O3PS. The van der Waals surface area contributed by atoms with Crippen LogP contribution in [0.15, 0.2) is 77.7 Å². The molecule has 0 bridgehead atoms. The van der Waals surface area contributed by atoms with Gasteiger partial charge in [0.1, 0.15) is 0 Å². The van der Waals surface area contributed by atoms with E-state index in [9.17, 15) is 4.79 Å². The lowest BCUT2D eigenvalue weighted by atomic mass is 9.96. The molecule has 0 fully saturated rings. The van der Waals surface area contributed by atoms with E-state index in [1.54, 1.807) is 0 Å². The third kappa shape index (κ3) is 6.81. The maximum atomic E-state index is 13.0.